The van der Waals surface area contributed by atoms with Gasteiger partial charge in [0, 0.05) is 32.0 Å². The van der Waals surface area contributed by atoms with E-state index in [1.807, 2.05) is 38.1 Å². The second kappa shape index (κ2) is 6.41. The highest BCUT2D eigenvalue weighted by Gasteiger charge is 2.31. The molecule has 1 amide bonds. The first-order chi connectivity index (χ1) is 11.1. The normalized spacial score (nSPS) is 17.3. The molecule has 0 radical (unpaired) electrons. The number of hydrogen-bond acceptors (Lipinski definition) is 3. The fourth-order valence-electron chi connectivity index (χ4n) is 3.18. The van der Waals surface area contributed by atoms with E-state index >= 15 is 0 Å². The molecule has 120 valence electrons. The van der Waals surface area contributed by atoms with E-state index in [1.54, 1.807) is 6.07 Å². The molecule has 1 aliphatic heterocycles. The fourth-order valence-corrected chi connectivity index (χ4v) is 3.18. The third-order valence-corrected chi connectivity index (χ3v) is 4.39. The van der Waals surface area contributed by atoms with Gasteiger partial charge in [-0.3, -0.25) is 4.79 Å². The Balaban J connectivity index is 1.88. The highest BCUT2D eigenvalue weighted by atomic mass is 16.2. The first-order valence-corrected chi connectivity index (χ1v) is 8.08. The molecule has 4 nitrogen and oxygen atoms in total. The number of amides is 1. The van der Waals surface area contributed by atoms with E-state index in [2.05, 4.69) is 34.1 Å². The number of carbonyl (C=O) groups excluding carboxylic acids is 1. The van der Waals surface area contributed by atoms with Gasteiger partial charge < -0.3 is 9.80 Å². The minimum absolute atomic E-state index is 0.0338. The van der Waals surface area contributed by atoms with Gasteiger partial charge >= 0.3 is 0 Å². The topological polar surface area (TPSA) is 36.4 Å². The summed E-state index contributed by atoms with van der Waals surface area (Å²) in [7, 11) is 4.07. The molecular formula is C19H23N3O. The SMILES string of the molecule is Cc1cccc(C(=O)N2CCC[C@@H]2c2cccc(N(C)C)c2)n1. The Morgan fingerprint density at radius 1 is 1.22 bits per heavy atom. The standard InChI is InChI=1S/C19H23N3O/c1-14-7-4-10-17(20-14)19(23)22-12-6-11-18(22)15-8-5-9-16(13-15)21(2)3/h4-5,7-10,13,18H,6,11-12H2,1-3H3/t18-/m1/s1. The highest BCUT2D eigenvalue weighted by Crippen LogP contribution is 2.34. The Kier molecular flexibility index (Phi) is 4.33. The summed E-state index contributed by atoms with van der Waals surface area (Å²) < 4.78 is 0. The molecule has 0 N–H and O–H groups in total. The summed E-state index contributed by atoms with van der Waals surface area (Å²) in [6.07, 6.45) is 2.04. The number of anilines is 1. The van der Waals surface area contributed by atoms with E-state index in [0.717, 1.165) is 30.8 Å². The van der Waals surface area contributed by atoms with Gasteiger partial charge in [-0.2, -0.15) is 0 Å². The number of rotatable bonds is 3. The van der Waals surface area contributed by atoms with Crippen LogP contribution in [0.15, 0.2) is 42.5 Å². The van der Waals surface area contributed by atoms with Gasteiger partial charge in [-0.15, -0.1) is 0 Å². The van der Waals surface area contributed by atoms with Crippen molar-refractivity contribution in [3.8, 4) is 0 Å². The molecule has 1 atom stereocenters. The van der Waals surface area contributed by atoms with Crippen LogP contribution in [0.2, 0.25) is 0 Å². The molecule has 0 aliphatic carbocycles. The Morgan fingerprint density at radius 2 is 2.00 bits per heavy atom. The molecule has 1 aromatic carbocycles. The van der Waals surface area contributed by atoms with Gasteiger partial charge in [0.1, 0.15) is 5.69 Å². The summed E-state index contributed by atoms with van der Waals surface area (Å²) in [6, 6.07) is 14.2. The molecule has 3 rings (SSSR count). The van der Waals surface area contributed by atoms with Gasteiger partial charge in [0.15, 0.2) is 0 Å². The number of aryl methyl sites for hydroxylation is 1. The summed E-state index contributed by atoms with van der Waals surface area (Å²) >= 11 is 0. The van der Waals surface area contributed by atoms with Crippen LogP contribution in [0.3, 0.4) is 0 Å². The van der Waals surface area contributed by atoms with Gasteiger partial charge in [-0.05, 0) is 49.6 Å². The van der Waals surface area contributed by atoms with Crippen molar-refractivity contribution in [1.82, 2.24) is 9.88 Å². The number of likely N-dealkylation sites (tertiary alicyclic amines) is 1. The van der Waals surface area contributed by atoms with Crippen molar-refractivity contribution in [2.24, 2.45) is 0 Å². The zero-order valence-electron chi connectivity index (χ0n) is 14.0. The molecule has 23 heavy (non-hydrogen) atoms. The lowest BCUT2D eigenvalue weighted by Crippen LogP contribution is -2.31. The van der Waals surface area contributed by atoms with Crippen molar-refractivity contribution >= 4 is 11.6 Å². The van der Waals surface area contributed by atoms with Gasteiger partial charge in [0.2, 0.25) is 0 Å². The van der Waals surface area contributed by atoms with Crippen molar-refractivity contribution in [1.29, 1.82) is 0 Å². The lowest BCUT2D eigenvalue weighted by Gasteiger charge is -2.26. The Labute approximate surface area is 137 Å². The average Bonchev–Trinajstić information content (AvgIpc) is 3.04. The summed E-state index contributed by atoms with van der Waals surface area (Å²) in [5, 5.41) is 0. The molecule has 1 saturated heterocycles. The van der Waals surface area contributed by atoms with Gasteiger partial charge in [-0.1, -0.05) is 18.2 Å². The smallest absolute Gasteiger partial charge is 0.272 e. The van der Waals surface area contributed by atoms with E-state index in [4.69, 9.17) is 0 Å². The van der Waals surface area contributed by atoms with Crippen LogP contribution in [-0.2, 0) is 0 Å². The van der Waals surface area contributed by atoms with Crippen LogP contribution in [0.25, 0.3) is 0 Å². The monoisotopic (exact) mass is 309 g/mol. The van der Waals surface area contributed by atoms with Crippen LogP contribution in [0.1, 0.15) is 40.6 Å². The number of hydrogen-bond donors (Lipinski definition) is 0. The van der Waals surface area contributed by atoms with Gasteiger partial charge in [-0.25, -0.2) is 4.98 Å². The molecule has 0 unspecified atom stereocenters. The molecule has 2 aromatic rings. The molecule has 4 heteroatoms. The zero-order chi connectivity index (χ0) is 16.4. The van der Waals surface area contributed by atoms with E-state index < -0.39 is 0 Å². The van der Waals surface area contributed by atoms with E-state index in [0.29, 0.717) is 5.69 Å². The van der Waals surface area contributed by atoms with Crippen LogP contribution in [0, 0.1) is 6.92 Å². The molecule has 0 bridgehead atoms. The Hall–Kier alpha value is -2.36. The van der Waals surface area contributed by atoms with E-state index in [1.165, 1.54) is 5.56 Å². The maximum atomic E-state index is 12.9. The van der Waals surface area contributed by atoms with Gasteiger partial charge in [0.25, 0.3) is 5.91 Å². The number of benzene rings is 1. The molecule has 0 spiro atoms. The van der Waals surface area contributed by atoms with Crippen LogP contribution in [0.4, 0.5) is 5.69 Å². The lowest BCUT2D eigenvalue weighted by atomic mass is 10.0. The second-order valence-corrected chi connectivity index (χ2v) is 6.31. The van der Waals surface area contributed by atoms with Gasteiger partial charge in [0.05, 0.1) is 6.04 Å². The number of nitrogens with zero attached hydrogens (tertiary/aromatic N) is 3. The maximum absolute atomic E-state index is 12.9. The third-order valence-electron chi connectivity index (χ3n) is 4.39. The van der Waals surface area contributed by atoms with E-state index in [9.17, 15) is 4.79 Å². The minimum atomic E-state index is 0.0338. The summed E-state index contributed by atoms with van der Waals surface area (Å²) in [4.78, 5) is 21.3. The minimum Gasteiger partial charge on any atom is -0.378 e. The number of aromatic nitrogens is 1. The van der Waals surface area contributed by atoms with Crippen molar-refractivity contribution in [2.45, 2.75) is 25.8 Å². The first-order valence-electron chi connectivity index (χ1n) is 8.08. The molecule has 1 aromatic heterocycles. The highest BCUT2D eigenvalue weighted by molar-refractivity contribution is 5.92. The van der Waals surface area contributed by atoms with Crippen molar-refractivity contribution in [3.63, 3.8) is 0 Å². The zero-order valence-corrected chi connectivity index (χ0v) is 14.0. The largest absolute Gasteiger partial charge is 0.378 e. The predicted octanol–water partition coefficient (Wildman–Crippen LogP) is 3.43. The summed E-state index contributed by atoms with van der Waals surface area (Å²) in [5.41, 5.74) is 3.78. The summed E-state index contributed by atoms with van der Waals surface area (Å²) in [6.45, 7) is 2.71. The molecule has 0 saturated carbocycles. The number of carbonyl (C=O) groups is 1. The van der Waals surface area contributed by atoms with Crippen LogP contribution in [-0.4, -0.2) is 36.4 Å². The number of pyridine rings is 1. The average molecular weight is 309 g/mol. The Bertz CT molecular complexity index is 711. The Morgan fingerprint density at radius 3 is 2.74 bits per heavy atom. The quantitative estimate of drug-likeness (QED) is 0.871. The van der Waals surface area contributed by atoms with Crippen molar-refractivity contribution < 1.29 is 4.79 Å². The predicted molar refractivity (Wildman–Crippen MR) is 92.8 cm³/mol. The lowest BCUT2D eigenvalue weighted by molar-refractivity contribution is 0.0729. The molecule has 2 heterocycles. The van der Waals surface area contributed by atoms with E-state index in [-0.39, 0.29) is 11.9 Å². The van der Waals surface area contributed by atoms with Crippen LogP contribution >= 0.6 is 0 Å². The first kappa shape index (κ1) is 15.5. The maximum Gasteiger partial charge on any atom is 0.272 e. The van der Waals surface area contributed by atoms with Crippen molar-refractivity contribution in [3.05, 3.63) is 59.4 Å². The van der Waals surface area contributed by atoms with Crippen molar-refractivity contribution in [2.75, 3.05) is 25.5 Å². The molecule has 1 fully saturated rings. The molecular weight excluding hydrogens is 286 g/mol. The van der Waals surface area contributed by atoms with Crippen LogP contribution in [0.5, 0.6) is 0 Å². The fraction of sp³-hybridized carbons (Fsp3) is 0.368. The third kappa shape index (κ3) is 3.21. The second-order valence-electron chi connectivity index (χ2n) is 6.31. The summed E-state index contributed by atoms with van der Waals surface area (Å²) in [5.74, 6) is 0.0338. The molecule has 1 aliphatic rings. The van der Waals surface area contributed by atoms with Crippen LogP contribution < -0.4 is 4.90 Å².